The van der Waals surface area contributed by atoms with E-state index in [-0.39, 0.29) is 25.9 Å². The zero-order valence-electron chi connectivity index (χ0n) is 18.2. The van der Waals surface area contributed by atoms with Crippen molar-refractivity contribution < 1.29 is 13.9 Å². The van der Waals surface area contributed by atoms with Crippen molar-refractivity contribution in [1.82, 2.24) is 19.7 Å². The van der Waals surface area contributed by atoms with Gasteiger partial charge in [0.2, 0.25) is 0 Å². The van der Waals surface area contributed by atoms with Gasteiger partial charge in [-0.1, -0.05) is 0 Å². The molecule has 9 heteroatoms. The lowest BCUT2D eigenvalue weighted by Gasteiger charge is -2.36. The minimum Gasteiger partial charge on any atom is -0.374 e. The molecule has 0 aliphatic carbocycles. The molecule has 4 heterocycles. The number of rotatable bonds is 4. The van der Waals surface area contributed by atoms with E-state index in [2.05, 4.69) is 16.2 Å². The van der Waals surface area contributed by atoms with Crippen molar-refractivity contribution in [1.29, 1.82) is 5.26 Å². The number of aryl methyl sites for hydroxylation is 1. The smallest absolute Gasteiger partial charge is 0.251 e. The molecule has 2 aliphatic heterocycles. The second-order valence-electron chi connectivity index (χ2n) is 8.71. The first kappa shape index (κ1) is 21.5. The summed E-state index contributed by atoms with van der Waals surface area (Å²) >= 11 is 0. The number of alkyl halides is 2. The van der Waals surface area contributed by atoms with Crippen molar-refractivity contribution in [3.05, 3.63) is 70.8 Å². The van der Waals surface area contributed by atoms with E-state index in [1.165, 1.54) is 0 Å². The van der Waals surface area contributed by atoms with Crippen LogP contribution >= 0.6 is 0 Å². The molecular weight excluding hydrogens is 426 g/mol. The largest absolute Gasteiger partial charge is 0.374 e. The lowest BCUT2D eigenvalue weighted by molar-refractivity contribution is -0.0225. The Morgan fingerprint density at radius 1 is 1.15 bits per heavy atom. The first-order valence-electron chi connectivity index (χ1n) is 10.9. The van der Waals surface area contributed by atoms with E-state index in [4.69, 9.17) is 0 Å². The minimum absolute atomic E-state index is 0.205. The topological polar surface area (TPSA) is 81.2 Å². The third kappa shape index (κ3) is 4.19. The molecule has 3 aromatic rings. The number of fused-ring (bicyclic) bond motifs is 1. The van der Waals surface area contributed by atoms with Crippen LogP contribution in [0.2, 0.25) is 0 Å². The lowest BCUT2D eigenvalue weighted by Crippen LogP contribution is -2.40. The number of pyridine rings is 1. The van der Waals surface area contributed by atoms with E-state index < -0.39 is 12.2 Å². The average molecular weight is 450 g/mol. The van der Waals surface area contributed by atoms with Crippen LogP contribution in [0.3, 0.4) is 0 Å². The van der Waals surface area contributed by atoms with E-state index in [0.29, 0.717) is 29.9 Å². The fraction of sp³-hybridized carbons (Fsp3) is 0.375. The number of anilines is 1. The van der Waals surface area contributed by atoms with Crippen molar-refractivity contribution in [3.63, 3.8) is 0 Å². The number of hydrogen-bond acceptors (Lipinski definition) is 6. The van der Waals surface area contributed by atoms with Crippen LogP contribution in [0.15, 0.2) is 42.7 Å². The molecule has 33 heavy (non-hydrogen) atoms. The van der Waals surface area contributed by atoms with Crippen LogP contribution in [0.25, 0.3) is 5.69 Å². The van der Waals surface area contributed by atoms with Crippen molar-refractivity contribution in [2.24, 2.45) is 0 Å². The maximum Gasteiger partial charge on any atom is 0.251 e. The fourth-order valence-corrected chi connectivity index (χ4v) is 4.55. The predicted molar refractivity (Wildman–Crippen MR) is 118 cm³/mol. The lowest BCUT2D eigenvalue weighted by atomic mass is 10.0. The monoisotopic (exact) mass is 450 g/mol. The zero-order chi connectivity index (χ0) is 23.2. The van der Waals surface area contributed by atoms with Crippen molar-refractivity contribution in [3.8, 4) is 11.8 Å². The number of nitriles is 1. The number of aromatic nitrogens is 3. The molecule has 0 spiro atoms. The van der Waals surface area contributed by atoms with Gasteiger partial charge in [-0.3, -0.25) is 9.88 Å². The molecule has 0 bridgehead atoms. The highest BCUT2D eigenvalue weighted by Crippen LogP contribution is 2.37. The first-order chi connectivity index (χ1) is 15.8. The highest BCUT2D eigenvalue weighted by atomic mass is 19.3. The molecule has 2 aliphatic rings. The normalized spacial score (nSPS) is 18.7. The molecule has 0 radical (unpaired) electrons. The van der Waals surface area contributed by atoms with Crippen LogP contribution in [0, 0.1) is 18.3 Å². The van der Waals surface area contributed by atoms with Gasteiger partial charge in [-0.15, -0.1) is 0 Å². The van der Waals surface area contributed by atoms with Gasteiger partial charge in [0.15, 0.2) is 0 Å². The Bertz CT molecular complexity index is 1200. The Morgan fingerprint density at radius 3 is 2.64 bits per heavy atom. The minimum atomic E-state index is -2.65. The number of halogens is 2. The Labute approximate surface area is 190 Å². The van der Waals surface area contributed by atoms with E-state index in [1.54, 1.807) is 24.4 Å². The number of hydrogen-bond donors (Lipinski definition) is 1. The summed E-state index contributed by atoms with van der Waals surface area (Å²) in [5, 5.41) is 25.3. The zero-order valence-corrected chi connectivity index (χ0v) is 18.2. The number of nitrogens with zero attached hydrogens (tertiary/aromatic N) is 6. The van der Waals surface area contributed by atoms with Gasteiger partial charge in [0, 0.05) is 73.9 Å². The molecule has 1 unspecified atom stereocenters. The van der Waals surface area contributed by atoms with Crippen LogP contribution in [0.4, 0.5) is 14.5 Å². The molecule has 1 fully saturated rings. The van der Waals surface area contributed by atoms with Crippen molar-refractivity contribution >= 4 is 5.69 Å². The number of aliphatic hydroxyl groups is 1. The van der Waals surface area contributed by atoms with Gasteiger partial charge in [0.25, 0.3) is 5.92 Å². The van der Waals surface area contributed by atoms with Gasteiger partial charge in [0.05, 0.1) is 23.0 Å². The van der Waals surface area contributed by atoms with Gasteiger partial charge in [-0.05, 0) is 37.3 Å². The van der Waals surface area contributed by atoms with E-state index >= 15 is 0 Å². The van der Waals surface area contributed by atoms with Crippen LogP contribution in [0.5, 0.6) is 0 Å². The summed E-state index contributed by atoms with van der Waals surface area (Å²) in [6.07, 6.45) is 2.27. The molecule has 7 nitrogen and oxygen atoms in total. The standard InChI is InChI=1S/C24H24F2N6O/c1-16-10-19(4-7-28-16)32-14-18-13-31(15-21(18)29-32)23(33)20-11-17(12-27)2-3-22(20)30-8-5-24(25,26)6-9-30/h2-4,7,10-11,14,23,33H,5-6,8-9,13,15H2,1H3. The summed E-state index contributed by atoms with van der Waals surface area (Å²) < 4.78 is 29.2. The molecule has 1 saturated heterocycles. The first-order valence-corrected chi connectivity index (χ1v) is 10.9. The van der Waals surface area contributed by atoms with Crippen LogP contribution in [0.1, 0.15) is 47.1 Å². The second-order valence-corrected chi connectivity index (χ2v) is 8.71. The van der Waals surface area contributed by atoms with Crippen LogP contribution in [-0.4, -0.2) is 43.8 Å². The van der Waals surface area contributed by atoms with Gasteiger partial charge in [0.1, 0.15) is 6.23 Å². The fourth-order valence-electron chi connectivity index (χ4n) is 4.55. The van der Waals surface area contributed by atoms with Gasteiger partial charge in [-0.25, -0.2) is 13.5 Å². The Balaban J connectivity index is 1.38. The molecule has 2 aromatic heterocycles. The highest BCUT2D eigenvalue weighted by molar-refractivity contribution is 5.58. The number of aliphatic hydroxyl groups excluding tert-OH is 1. The molecule has 0 amide bonds. The Morgan fingerprint density at radius 2 is 1.94 bits per heavy atom. The summed E-state index contributed by atoms with van der Waals surface area (Å²) in [7, 11) is 0. The molecule has 1 atom stereocenters. The third-order valence-electron chi connectivity index (χ3n) is 6.36. The summed E-state index contributed by atoms with van der Waals surface area (Å²) in [6, 6.07) is 11.0. The summed E-state index contributed by atoms with van der Waals surface area (Å²) in [5.74, 6) is -2.65. The highest BCUT2D eigenvalue weighted by Gasteiger charge is 2.36. The maximum atomic E-state index is 13.7. The van der Waals surface area contributed by atoms with Crippen LogP contribution < -0.4 is 4.90 Å². The molecule has 0 saturated carbocycles. The van der Waals surface area contributed by atoms with E-state index in [0.717, 1.165) is 22.6 Å². The van der Waals surface area contributed by atoms with Crippen molar-refractivity contribution in [2.45, 2.75) is 45.0 Å². The summed E-state index contributed by atoms with van der Waals surface area (Å²) in [5.41, 5.74) is 5.39. The van der Waals surface area contributed by atoms with E-state index in [9.17, 15) is 19.1 Å². The molecule has 1 N–H and O–H groups in total. The number of piperidine rings is 1. The van der Waals surface area contributed by atoms with Gasteiger partial charge >= 0.3 is 0 Å². The molecule has 5 rings (SSSR count). The SMILES string of the molecule is Cc1cc(-n2cc3c(n2)CN(C(O)c2cc(C#N)ccc2N2CCC(F)(F)CC2)C3)ccn1. The maximum absolute atomic E-state index is 13.7. The second kappa shape index (κ2) is 8.21. The Kier molecular flexibility index (Phi) is 5.35. The number of benzene rings is 1. The summed E-state index contributed by atoms with van der Waals surface area (Å²) in [4.78, 5) is 7.96. The average Bonchev–Trinajstić information content (AvgIpc) is 3.38. The Hall–Kier alpha value is -3.35. The molecule has 1 aromatic carbocycles. The quantitative estimate of drug-likeness (QED) is 0.653. The molecular formula is C24H24F2N6O. The predicted octanol–water partition coefficient (Wildman–Crippen LogP) is 3.69. The molecule has 170 valence electrons. The van der Waals surface area contributed by atoms with E-state index in [1.807, 2.05) is 39.7 Å². The van der Waals surface area contributed by atoms with Crippen LogP contribution in [-0.2, 0) is 13.1 Å². The third-order valence-corrected chi connectivity index (χ3v) is 6.36. The van der Waals surface area contributed by atoms with Gasteiger partial charge in [-0.2, -0.15) is 10.4 Å². The van der Waals surface area contributed by atoms with Gasteiger partial charge < -0.3 is 10.0 Å². The van der Waals surface area contributed by atoms with Crippen molar-refractivity contribution in [2.75, 3.05) is 18.0 Å². The summed E-state index contributed by atoms with van der Waals surface area (Å²) in [6.45, 7) is 3.28.